The Labute approximate surface area is 109 Å². The predicted octanol–water partition coefficient (Wildman–Crippen LogP) is 2.96. The molecule has 0 unspecified atom stereocenters. The fourth-order valence-corrected chi connectivity index (χ4v) is 1.80. The van der Waals surface area contributed by atoms with E-state index in [4.69, 9.17) is 5.11 Å². The molecule has 96 valence electrons. The van der Waals surface area contributed by atoms with Crippen LogP contribution in [0.25, 0.3) is 11.1 Å². The van der Waals surface area contributed by atoms with Gasteiger partial charge in [0.25, 0.3) is 0 Å². The van der Waals surface area contributed by atoms with E-state index in [0.29, 0.717) is 11.1 Å². The van der Waals surface area contributed by atoms with E-state index < -0.39 is 5.97 Å². The Morgan fingerprint density at radius 1 is 0.895 bits per heavy atom. The van der Waals surface area contributed by atoms with Gasteiger partial charge in [-0.3, -0.25) is 4.79 Å². The molecule has 0 amide bonds. The fourth-order valence-electron chi connectivity index (χ4n) is 1.80. The summed E-state index contributed by atoms with van der Waals surface area (Å²) in [6, 6.07) is 10.9. The first-order valence-corrected chi connectivity index (χ1v) is 5.66. The number of benzene rings is 2. The van der Waals surface area contributed by atoms with E-state index in [2.05, 4.69) is 0 Å². The van der Waals surface area contributed by atoms with Gasteiger partial charge in [0.1, 0.15) is 5.75 Å². The zero-order valence-electron chi connectivity index (χ0n) is 10.3. The smallest absolute Gasteiger partial charge is 0.335 e. The zero-order chi connectivity index (χ0) is 14.0. The lowest BCUT2D eigenvalue weighted by Gasteiger charge is -2.05. The zero-order valence-corrected chi connectivity index (χ0v) is 10.3. The fraction of sp³-hybridized carbons (Fsp3) is 0.0667. The van der Waals surface area contributed by atoms with Crippen LogP contribution >= 0.6 is 0 Å². The van der Waals surface area contributed by atoms with Crippen LogP contribution in [0.5, 0.6) is 5.75 Å². The van der Waals surface area contributed by atoms with E-state index in [1.807, 2.05) is 0 Å². The molecule has 0 aromatic heterocycles. The summed E-state index contributed by atoms with van der Waals surface area (Å²) >= 11 is 0. The summed E-state index contributed by atoms with van der Waals surface area (Å²) in [7, 11) is 0. The van der Waals surface area contributed by atoms with Gasteiger partial charge in [-0.05, 0) is 36.2 Å². The highest BCUT2D eigenvalue weighted by atomic mass is 16.4. The largest absolute Gasteiger partial charge is 0.508 e. The Kier molecular flexibility index (Phi) is 3.33. The highest BCUT2D eigenvalue weighted by Crippen LogP contribution is 2.26. The third-order valence-corrected chi connectivity index (χ3v) is 2.79. The number of carbonyl (C=O) groups excluding carboxylic acids is 1. The van der Waals surface area contributed by atoms with E-state index >= 15 is 0 Å². The minimum absolute atomic E-state index is 0.0191. The average Bonchev–Trinajstić information content (AvgIpc) is 2.38. The van der Waals surface area contributed by atoms with Gasteiger partial charge in [0.05, 0.1) is 5.56 Å². The Hall–Kier alpha value is -2.62. The molecule has 0 spiro atoms. The van der Waals surface area contributed by atoms with Crippen molar-refractivity contribution < 1.29 is 19.8 Å². The molecular formula is C15H12O4. The second-order valence-electron chi connectivity index (χ2n) is 4.21. The molecule has 4 nitrogen and oxygen atoms in total. The molecule has 0 aliphatic heterocycles. The van der Waals surface area contributed by atoms with Crippen LogP contribution in [0, 0.1) is 0 Å². The van der Waals surface area contributed by atoms with E-state index in [1.54, 1.807) is 24.3 Å². The maximum Gasteiger partial charge on any atom is 0.335 e. The third-order valence-electron chi connectivity index (χ3n) is 2.79. The SMILES string of the molecule is CC(=O)c1ccc(-c2cc(O)cc(C(=O)O)c2)cc1. The van der Waals surface area contributed by atoms with E-state index in [0.717, 1.165) is 5.56 Å². The van der Waals surface area contributed by atoms with Gasteiger partial charge in [0, 0.05) is 5.56 Å². The first-order valence-electron chi connectivity index (χ1n) is 5.66. The van der Waals surface area contributed by atoms with Crippen molar-refractivity contribution in [3.8, 4) is 16.9 Å². The lowest BCUT2D eigenvalue weighted by molar-refractivity contribution is 0.0696. The van der Waals surface area contributed by atoms with Crippen molar-refractivity contribution >= 4 is 11.8 Å². The number of aromatic carboxylic acids is 1. The third kappa shape index (κ3) is 2.80. The van der Waals surface area contributed by atoms with Crippen molar-refractivity contribution in [2.75, 3.05) is 0 Å². The maximum atomic E-state index is 11.2. The molecule has 19 heavy (non-hydrogen) atoms. The van der Waals surface area contributed by atoms with Gasteiger partial charge >= 0.3 is 5.97 Å². The second-order valence-corrected chi connectivity index (χ2v) is 4.21. The van der Waals surface area contributed by atoms with Crippen LogP contribution in [-0.4, -0.2) is 22.0 Å². The second kappa shape index (κ2) is 4.94. The molecule has 0 radical (unpaired) electrons. The molecule has 0 aliphatic rings. The monoisotopic (exact) mass is 256 g/mol. The molecule has 0 aliphatic carbocycles. The lowest BCUT2D eigenvalue weighted by Crippen LogP contribution is -1.96. The summed E-state index contributed by atoms with van der Waals surface area (Å²) in [6.07, 6.45) is 0. The molecule has 2 N–H and O–H groups in total. The van der Waals surface area contributed by atoms with Crippen LogP contribution in [0.2, 0.25) is 0 Å². The molecule has 0 heterocycles. The van der Waals surface area contributed by atoms with Crippen LogP contribution in [0.15, 0.2) is 42.5 Å². The molecule has 0 saturated heterocycles. The highest BCUT2D eigenvalue weighted by Gasteiger charge is 2.08. The van der Waals surface area contributed by atoms with Gasteiger partial charge in [-0.1, -0.05) is 24.3 Å². The number of aromatic hydroxyl groups is 1. The van der Waals surface area contributed by atoms with Gasteiger partial charge in [-0.15, -0.1) is 0 Å². The molecule has 0 fully saturated rings. The first-order chi connectivity index (χ1) is 8.97. The van der Waals surface area contributed by atoms with E-state index in [-0.39, 0.29) is 17.1 Å². The van der Waals surface area contributed by atoms with Gasteiger partial charge in [-0.2, -0.15) is 0 Å². The summed E-state index contributed by atoms with van der Waals surface area (Å²) in [6.45, 7) is 1.48. The maximum absolute atomic E-state index is 11.2. The minimum atomic E-state index is -1.10. The number of phenolic OH excluding ortho intramolecular Hbond substituents is 1. The van der Waals surface area contributed by atoms with Gasteiger partial charge in [0.15, 0.2) is 5.78 Å². The first kappa shape index (κ1) is 12.8. The standard InChI is InChI=1S/C15H12O4/c1-9(16)10-2-4-11(5-3-10)12-6-13(15(18)19)8-14(17)7-12/h2-8,17H,1H3,(H,18,19). The van der Waals surface area contributed by atoms with Crippen molar-refractivity contribution in [2.24, 2.45) is 0 Å². The van der Waals surface area contributed by atoms with Crippen molar-refractivity contribution in [3.05, 3.63) is 53.6 Å². The average molecular weight is 256 g/mol. The number of carboxylic acid groups (broad SMARTS) is 1. The van der Waals surface area contributed by atoms with Gasteiger partial charge in [0.2, 0.25) is 0 Å². The van der Waals surface area contributed by atoms with Crippen molar-refractivity contribution in [1.82, 2.24) is 0 Å². The molecule has 2 aromatic carbocycles. The van der Waals surface area contributed by atoms with Gasteiger partial charge < -0.3 is 10.2 Å². The molecular weight excluding hydrogens is 244 g/mol. The van der Waals surface area contributed by atoms with Crippen LogP contribution in [0.3, 0.4) is 0 Å². The quantitative estimate of drug-likeness (QED) is 0.828. The molecule has 2 rings (SSSR count). The molecule has 2 aromatic rings. The molecule has 0 atom stereocenters. The van der Waals surface area contributed by atoms with Crippen molar-refractivity contribution in [3.63, 3.8) is 0 Å². The summed E-state index contributed by atoms with van der Waals surface area (Å²) in [5, 5.41) is 18.5. The topological polar surface area (TPSA) is 74.6 Å². The highest BCUT2D eigenvalue weighted by molar-refractivity contribution is 5.94. The molecule has 0 bridgehead atoms. The predicted molar refractivity (Wildman–Crippen MR) is 70.5 cm³/mol. The number of phenols is 1. The summed E-state index contributed by atoms with van der Waals surface area (Å²) in [5.41, 5.74) is 1.93. The number of hydrogen-bond donors (Lipinski definition) is 2. The van der Waals surface area contributed by atoms with E-state index in [9.17, 15) is 14.7 Å². The van der Waals surface area contributed by atoms with Crippen LogP contribution in [0.1, 0.15) is 27.6 Å². The number of carbonyl (C=O) groups is 2. The van der Waals surface area contributed by atoms with Crippen LogP contribution in [0.4, 0.5) is 0 Å². The molecule has 4 heteroatoms. The number of carboxylic acids is 1. The van der Waals surface area contributed by atoms with Crippen molar-refractivity contribution in [2.45, 2.75) is 6.92 Å². The Morgan fingerprint density at radius 2 is 1.53 bits per heavy atom. The van der Waals surface area contributed by atoms with Crippen LogP contribution < -0.4 is 0 Å². The van der Waals surface area contributed by atoms with Crippen molar-refractivity contribution in [1.29, 1.82) is 0 Å². The summed E-state index contributed by atoms with van der Waals surface area (Å²) in [5.74, 6) is -1.24. The normalized spacial score (nSPS) is 10.2. The number of hydrogen-bond acceptors (Lipinski definition) is 3. The Morgan fingerprint density at radius 3 is 2.05 bits per heavy atom. The summed E-state index contributed by atoms with van der Waals surface area (Å²) in [4.78, 5) is 22.1. The molecule has 0 saturated carbocycles. The number of rotatable bonds is 3. The lowest BCUT2D eigenvalue weighted by atomic mass is 10.0. The number of Topliss-reactive ketones (excluding diaryl/α,β-unsaturated/α-hetero) is 1. The van der Waals surface area contributed by atoms with Gasteiger partial charge in [-0.25, -0.2) is 4.79 Å². The van der Waals surface area contributed by atoms with E-state index in [1.165, 1.54) is 25.1 Å². The Bertz CT molecular complexity index is 642. The number of ketones is 1. The Balaban J connectivity index is 2.46. The van der Waals surface area contributed by atoms with Crippen LogP contribution in [-0.2, 0) is 0 Å². The summed E-state index contributed by atoms with van der Waals surface area (Å²) < 4.78 is 0. The minimum Gasteiger partial charge on any atom is -0.508 e.